The molecule has 0 fully saturated rings. The second-order valence-electron chi connectivity index (χ2n) is 6.85. The zero-order valence-electron chi connectivity index (χ0n) is 15.9. The van der Waals surface area contributed by atoms with Crippen LogP contribution < -0.4 is 10.0 Å². The van der Waals surface area contributed by atoms with E-state index in [1.54, 1.807) is 18.2 Å². The van der Waals surface area contributed by atoms with Gasteiger partial charge in [0.25, 0.3) is 5.91 Å². The van der Waals surface area contributed by atoms with Gasteiger partial charge in [-0.05, 0) is 32.0 Å². The van der Waals surface area contributed by atoms with E-state index in [-0.39, 0.29) is 0 Å². The first-order valence-corrected chi connectivity index (χ1v) is 9.79. The molecule has 6 nitrogen and oxygen atoms in total. The van der Waals surface area contributed by atoms with Crippen molar-refractivity contribution in [2.45, 2.75) is 30.4 Å². The summed E-state index contributed by atoms with van der Waals surface area (Å²) in [7, 11) is -1.85. The zero-order chi connectivity index (χ0) is 21.3. The summed E-state index contributed by atoms with van der Waals surface area (Å²) in [6.45, 7) is 2.52. The Bertz CT molecular complexity index is 1050. The maximum atomic E-state index is 14.8. The van der Waals surface area contributed by atoms with Crippen molar-refractivity contribution in [2.75, 3.05) is 5.32 Å². The fourth-order valence-electron chi connectivity index (χ4n) is 2.33. The third-order valence-electron chi connectivity index (χ3n) is 4.24. The molecule has 1 aromatic carbocycles. The molecular weight excluding hydrogens is 387 g/mol. The minimum atomic E-state index is -4.38. The lowest BCUT2D eigenvalue weighted by atomic mass is 9.80. The van der Waals surface area contributed by atoms with Gasteiger partial charge in [-0.1, -0.05) is 12.0 Å². The van der Waals surface area contributed by atoms with Crippen LogP contribution in [0.2, 0.25) is 0 Å². The Hall–Kier alpha value is -2.64. The van der Waals surface area contributed by atoms with Gasteiger partial charge in [0.05, 0.1) is 5.57 Å². The van der Waals surface area contributed by atoms with Crippen LogP contribution in [0, 0.1) is 18.2 Å². The van der Waals surface area contributed by atoms with Crippen molar-refractivity contribution < 1.29 is 22.0 Å². The average Bonchev–Trinajstić information content (AvgIpc) is 2.89. The standard InChI is InChI=1S/C18H20BF2N3O3S/c1-5-12-7-6-8-13(9-12)22-17(25)16-15(20)14(10-24(16)4)28(26,27)23-11(2)18(3,19)21/h1,6-11,23H,19H2,2-4H3,(H,22,25). The highest BCUT2D eigenvalue weighted by atomic mass is 32.2. The van der Waals surface area contributed by atoms with Crippen molar-refractivity contribution in [1.82, 2.24) is 9.29 Å². The number of nitrogens with one attached hydrogen (secondary N) is 2. The van der Waals surface area contributed by atoms with Gasteiger partial charge in [-0.2, -0.15) is 0 Å². The second-order valence-corrected chi connectivity index (χ2v) is 8.54. The Morgan fingerprint density at radius 3 is 2.64 bits per heavy atom. The van der Waals surface area contributed by atoms with Crippen LogP contribution in [0.4, 0.5) is 14.5 Å². The summed E-state index contributed by atoms with van der Waals surface area (Å²) in [5.74, 6) is 0.324. The molecule has 10 heteroatoms. The molecule has 1 heterocycles. The quantitative estimate of drug-likeness (QED) is 0.561. The summed E-state index contributed by atoms with van der Waals surface area (Å²) in [4.78, 5) is 11.7. The summed E-state index contributed by atoms with van der Waals surface area (Å²) < 4.78 is 56.8. The molecule has 2 atom stereocenters. The number of anilines is 1. The minimum Gasteiger partial charge on any atom is -0.343 e. The summed E-state index contributed by atoms with van der Waals surface area (Å²) in [5, 5.41) is 2.47. The van der Waals surface area contributed by atoms with Gasteiger partial charge in [0, 0.05) is 30.5 Å². The normalized spacial score (nSPS) is 14.7. The number of rotatable bonds is 6. The number of sulfonamides is 1. The van der Waals surface area contributed by atoms with Crippen molar-refractivity contribution in [2.24, 2.45) is 7.05 Å². The molecule has 0 aliphatic carbocycles. The van der Waals surface area contributed by atoms with E-state index >= 15 is 0 Å². The third-order valence-corrected chi connectivity index (χ3v) is 5.77. The third kappa shape index (κ3) is 4.61. The molecule has 1 aromatic heterocycles. The Morgan fingerprint density at radius 2 is 2.07 bits per heavy atom. The first-order chi connectivity index (χ1) is 12.9. The van der Waals surface area contributed by atoms with Crippen LogP contribution in [0.5, 0.6) is 0 Å². The van der Waals surface area contributed by atoms with Gasteiger partial charge in [-0.15, -0.1) is 6.42 Å². The maximum absolute atomic E-state index is 14.8. The molecule has 1 amide bonds. The van der Waals surface area contributed by atoms with Crippen molar-refractivity contribution in [1.29, 1.82) is 0 Å². The topological polar surface area (TPSA) is 80.2 Å². The van der Waals surface area contributed by atoms with Gasteiger partial charge < -0.3 is 9.88 Å². The van der Waals surface area contributed by atoms with Crippen molar-refractivity contribution in [3.63, 3.8) is 0 Å². The number of nitrogens with zero attached hydrogens (tertiary/aromatic N) is 1. The molecule has 0 saturated carbocycles. The van der Waals surface area contributed by atoms with Gasteiger partial charge in [0.2, 0.25) is 10.0 Å². The van der Waals surface area contributed by atoms with Crippen molar-refractivity contribution in [3.05, 3.63) is 47.5 Å². The lowest BCUT2D eigenvalue weighted by Crippen LogP contribution is -2.46. The van der Waals surface area contributed by atoms with Crippen LogP contribution in [-0.2, 0) is 17.1 Å². The van der Waals surface area contributed by atoms with Gasteiger partial charge >= 0.3 is 0 Å². The van der Waals surface area contributed by atoms with E-state index in [1.807, 2.05) is 0 Å². The van der Waals surface area contributed by atoms with E-state index in [2.05, 4.69) is 16.0 Å². The number of carbonyl (C=O) groups excluding carboxylic acids is 1. The van der Waals surface area contributed by atoms with E-state index in [1.165, 1.54) is 34.8 Å². The molecule has 0 bridgehead atoms. The van der Waals surface area contributed by atoms with Gasteiger partial charge in [0.15, 0.2) is 13.7 Å². The Balaban J connectivity index is 2.35. The highest BCUT2D eigenvalue weighted by molar-refractivity contribution is 7.89. The van der Waals surface area contributed by atoms with E-state index in [0.717, 1.165) is 10.8 Å². The number of terminal acetylenes is 1. The van der Waals surface area contributed by atoms with Gasteiger partial charge in [0.1, 0.15) is 10.6 Å². The highest BCUT2D eigenvalue weighted by Gasteiger charge is 2.33. The van der Waals surface area contributed by atoms with Gasteiger partial charge in [-0.3, -0.25) is 9.18 Å². The Labute approximate surface area is 163 Å². The Morgan fingerprint density at radius 1 is 1.43 bits per heavy atom. The lowest BCUT2D eigenvalue weighted by Gasteiger charge is -2.23. The maximum Gasteiger partial charge on any atom is 0.275 e. The van der Waals surface area contributed by atoms with Crippen LogP contribution in [0.15, 0.2) is 35.4 Å². The number of hydrogen-bond acceptors (Lipinski definition) is 3. The molecule has 0 radical (unpaired) electrons. The summed E-state index contributed by atoms with van der Waals surface area (Å²) in [6.07, 6.45) is 6.26. The number of aryl methyl sites for hydroxylation is 1. The Kier molecular flexibility index (Phi) is 6.01. The summed E-state index contributed by atoms with van der Waals surface area (Å²) in [6, 6.07) is 5.24. The van der Waals surface area contributed by atoms with E-state index in [9.17, 15) is 22.0 Å². The second kappa shape index (κ2) is 7.77. The average molecular weight is 407 g/mol. The molecule has 148 valence electrons. The summed E-state index contributed by atoms with van der Waals surface area (Å²) in [5.41, 5.74) is -1.50. The number of halogens is 2. The van der Waals surface area contributed by atoms with Crippen LogP contribution in [-0.4, -0.2) is 38.3 Å². The molecule has 0 saturated heterocycles. The molecular formula is C18H20BF2N3O3S. The molecule has 0 aliphatic heterocycles. The first-order valence-electron chi connectivity index (χ1n) is 8.31. The number of alkyl halides is 1. The highest BCUT2D eigenvalue weighted by Crippen LogP contribution is 2.23. The largest absolute Gasteiger partial charge is 0.343 e. The number of carbonyl (C=O) groups is 1. The minimum absolute atomic E-state index is 0.330. The molecule has 2 aromatic rings. The molecule has 2 rings (SSSR count). The molecule has 2 N–H and O–H groups in total. The number of aromatic nitrogens is 1. The fourth-order valence-corrected chi connectivity index (χ4v) is 3.83. The van der Waals surface area contributed by atoms with Crippen LogP contribution in [0.25, 0.3) is 0 Å². The van der Waals surface area contributed by atoms with E-state index in [0.29, 0.717) is 11.3 Å². The van der Waals surface area contributed by atoms with Crippen LogP contribution in [0.1, 0.15) is 29.9 Å². The molecule has 0 aliphatic rings. The van der Waals surface area contributed by atoms with Crippen LogP contribution >= 0.6 is 0 Å². The number of hydrogen-bond donors (Lipinski definition) is 2. The summed E-state index contributed by atoms with van der Waals surface area (Å²) >= 11 is 0. The van der Waals surface area contributed by atoms with Crippen molar-refractivity contribution in [3.8, 4) is 12.3 Å². The number of benzene rings is 1. The SMILES string of the molecule is BC(C)(F)C(C)NS(=O)(=O)c1cn(C)c(C(=O)Nc2cccc(C#C)c2)c1F. The van der Waals surface area contributed by atoms with Crippen LogP contribution in [0.3, 0.4) is 0 Å². The predicted octanol–water partition coefficient (Wildman–Crippen LogP) is 1.38. The van der Waals surface area contributed by atoms with Crippen molar-refractivity contribution >= 4 is 29.5 Å². The smallest absolute Gasteiger partial charge is 0.275 e. The molecule has 28 heavy (non-hydrogen) atoms. The number of amides is 1. The fraction of sp³-hybridized carbons (Fsp3) is 0.278. The van der Waals surface area contributed by atoms with Gasteiger partial charge in [-0.25, -0.2) is 17.5 Å². The lowest BCUT2D eigenvalue weighted by molar-refractivity contribution is 0.101. The molecule has 2 unspecified atom stereocenters. The zero-order valence-corrected chi connectivity index (χ0v) is 16.7. The predicted molar refractivity (Wildman–Crippen MR) is 106 cm³/mol. The molecule has 0 spiro atoms. The van der Waals surface area contributed by atoms with E-state index in [4.69, 9.17) is 6.42 Å². The van der Waals surface area contributed by atoms with E-state index < -0.39 is 43.9 Å². The first kappa shape index (κ1) is 21.7. The monoisotopic (exact) mass is 407 g/mol.